The molecule has 0 aliphatic rings. The molecule has 1 rings (SSSR count). The van der Waals surface area contributed by atoms with Crippen LogP contribution >= 0.6 is 0 Å². The zero-order valence-electron chi connectivity index (χ0n) is 6.51. The first-order chi connectivity index (χ1) is 5.61. The Bertz CT molecular complexity index is 283. The first-order valence-electron chi connectivity index (χ1n) is 3.35. The lowest BCUT2D eigenvalue weighted by atomic mass is 10.2. The molecule has 0 saturated carbocycles. The molecule has 0 spiro atoms. The molecule has 2 N–H and O–H groups in total. The summed E-state index contributed by atoms with van der Waals surface area (Å²) in [6.07, 6.45) is -0.0306. The average Bonchev–Trinajstić information content (AvgIpc) is 2.33. The summed E-state index contributed by atoms with van der Waals surface area (Å²) < 4.78 is 1.34. The van der Waals surface area contributed by atoms with Crippen LogP contribution in [0.5, 0.6) is 0 Å². The van der Waals surface area contributed by atoms with Gasteiger partial charge in [-0.1, -0.05) is 5.21 Å². The number of aliphatic carboxylic acids is 1. The third kappa shape index (κ3) is 1.79. The zero-order chi connectivity index (χ0) is 9.14. The fourth-order valence-electron chi connectivity index (χ4n) is 0.869. The van der Waals surface area contributed by atoms with E-state index in [2.05, 4.69) is 10.3 Å². The van der Waals surface area contributed by atoms with E-state index in [1.54, 1.807) is 7.05 Å². The predicted octanol–water partition coefficient (Wildman–Crippen LogP) is -0.677. The summed E-state index contributed by atoms with van der Waals surface area (Å²) in [7, 11) is 1.59. The largest absolute Gasteiger partial charge is 0.481 e. The van der Waals surface area contributed by atoms with Gasteiger partial charge in [-0.2, -0.15) is 0 Å². The highest BCUT2D eigenvalue weighted by molar-refractivity contribution is 5.67. The van der Waals surface area contributed by atoms with E-state index in [1.165, 1.54) is 10.9 Å². The Morgan fingerprint density at radius 2 is 2.50 bits per heavy atom. The van der Waals surface area contributed by atoms with Crippen molar-refractivity contribution in [3.05, 3.63) is 11.9 Å². The van der Waals surface area contributed by atoms with Gasteiger partial charge in [0.15, 0.2) is 0 Å². The molecular weight excluding hydrogens is 162 g/mol. The predicted molar refractivity (Wildman–Crippen MR) is 38.2 cm³/mol. The van der Waals surface area contributed by atoms with Gasteiger partial charge < -0.3 is 10.2 Å². The highest BCUT2D eigenvalue weighted by atomic mass is 16.4. The third-order valence-corrected chi connectivity index (χ3v) is 1.46. The minimum atomic E-state index is -1.05. The molecular formula is C6H9N3O3. The van der Waals surface area contributed by atoms with Gasteiger partial charge in [0.1, 0.15) is 6.10 Å². The van der Waals surface area contributed by atoms with E-state index < -0.39 is 12.1 Å². The van der Waals surface area contributed by atoms with Crippen LogP contribution in [0.3, 0.4) is 0 Å². The van der Waals surface area contributed by atoms with Crippen molar-refractivity contribution in [1.29, 1.82) is 0 Å². The lowest BCUT2D eigenvalue weighted by molar-refractivity contribution is -0.139. The summed E-state index contributed by atoms with van der Waals surface area (Å²) in [4.78, 5) is 10.2. The molecule has 1 atom stereocenters. The van der Waals surface area contributed by atoms with Crippen molar-refractivity contribution in [2.75, 3.05) is 0 Å². The first kappa shape index (κ1) is 8.66. The minimum absolute atomic E-state index is 0.332. The molecule has 0 fully saturated rings. The monoisotopic (exact) mass is 171 g/mol. The Balaban J connectivity index is 2.71. The van der Waals surface area contributed by atoms with Gasteiger partial charge in [-0.3, -0.25) is 4.79 Å². The SMILES string of the molecule is Cn1nncc1[C@H](O)CC(=O)O. The number of aryl methyl sites for hydroxylation is 1. The molecule has 66 valence electrons. The molecule has 0 unspecified atom stereocenters. The molecule has 0 aliphatic heterocycles. The fraction of sp³-hybridized carbons (Fsp3) is 0.500. The Labute approximate surface area is 68.4 Å². The van der Waals surface area contributed by atoms with Gasteiger partial charge in [0.2, 0.25) is 0 Å². The smallest absolute Gasteiger partial charge is 0.306 e. The third-order valence-electron chi connectivity index (χ3n) is 1.46. The van der Waals surface area contributed by atoms with Crippen molar-refractivity contribution in [3.63, 3.8) is 0 Å². The number of hydrogen-bond acceptors (Lipinski definition) is 4. The lowest BCUT2D eigenvalue weighted by Gasteiger charge is -2.05. The quantitative estimate of drug-likeness (QED) is 0.629. The molecule has 0 amide bonds. The summed E-state index contributed by atoms with van der Waals surface area (Å²) >= 11 is 0. The number of carbonyl (C=O) groups is 1. The number of carboxylic acids is 1. The topological polar surface area (TPSA) is 88.2 Å². The maximum absolute atomic E-state index is 10.2. The van der Waals surface area contributed by atoms with Gasteiger partial charge in [-0.25, -0.2) is 4.68 Å². The van der Waals surface area contributed by atoms with Crippen LogP contribution in [0.4, 0.5) is 0 Å². The van der Waals surface area contributed by atoms with E-state index >= 15 is 0 Å². The first-order valence-corrected chi connectivity index (χ1v) is 3.35. The van der Waals surface area contributed by atoms with Gasteiger partial charge in [0.05, 0.1) is 18.3 Å². The standard InChI is InChI=1S/C6H9N3O3/c1-9-4(3-7-8-9)5(10)2-6(11)12/h3,5,10H,2H2,1H3,(H,11,12)/t5-/m1/s1. The molecule has 6 heteroatoms. The molecule has 0 radical (unpaired) electrons. The second-order valence-corrected chi connectivity index (χ2v) is 2.40. The van der Waals surface area contributed by atoms with Gasteiger partial charge in [0.25, 0.3) is 0 Å². The number of hydrogen-bond donors (Lipinski definition) is 2. The van der Waals surface area contributed by atoms with Gasteiger partial charge in [-0.05, 0) is 0 Å². The normalized spacial score (nSPS) is 12.8. The van der Waals surface area contributed by atoms with E-state index in [9.17, 15) is 9.90 Å². The van der Waals surface area contributed by atoms with Gasteiger partial charge in [0, 0.05) is 7.05 Å². The maximum atomic E-state index is 10.2. The van der Waals surface area contributed by atoms with Gasteiger partial charge >= 0.3 is 5.97 Å². The van der Waals surface area contributed by atoms with Crippen LogP contribution in [-0.2, 0) is 11.8 Å². The van der Waals surface area contributed by atoms with Crippen molar-refractivity contribution in [2.24, 2.45) is 7.05 Å². The minimum Gasteiger partial charge on any atom is -0.481 e. The Morgan fingerprint density at radius 1 is 1.83 bits per heavy atom. The highest BCUT2D eigenvalue weighted by Crippen LogP contribution is 2.13. The molecule has 0 bridgehead atoms. The van der Waals surface area contributed by atoms with E-state index in [1.807, 2.05) is 0 Å². The highest BCUT2D eigenvalue weighted by Gasteiger charge is 2.15. The average molecular weight is 171 g/mol. The van der Waals surface area contributed by atoms with E-state index in [-0.39, 0.29) is 6.42 Å². The van der Waals surface area contributed by atoms with Crippen LogP contribution in [0.25, 0.3) is 0 Å². The molecule has 1 heterocycles. The van der Waals surface area contributed by atoms with E-state index in [0.717, 1.165) is 0 Å². The van der Waals surface area contributed by atoms with Crippen LogP contribution in [0.1, 0.15) is 18.2 Å². The van der Waals surface area contributed by atoms with Crippen molar-refractivity contribution in [1.82, 2.24) is 15.0 Å². The van der Waals surface area contributed by atoms with Crippen molar-refractivity contribution in [2.45, 2.75) is 12.5 Å². The van der Waals surface area contributed by atoms with Crippen LogP contribution in [-0.4, -0.2) is 31.2 Å². The summed E-state index contributed by atoms with van der Waals surface area (Å²) in [5.41, 5.74) is 0.400. The molecule has 1 aromatic heterocycles. The summed E-state index contributed by atoms with van der Waals surface area (Å²) in [6, 6.07) is 0. The molecule has 12 heavy (non-hydrogen) atoms. The molecule has 1 aromatic rings. The number of aliphatic hydroxyl groups is 1. The number of nitrogens with zero attached hydrogens (tertiary/aromatic N) is 3. The lowest BCUT2D eigenvalue weighted by Crippen LogP contribution is -2.09. The molecule has 6 nitrogen and oxygen atoms in total. The van der Waals surface area contributed by atoms with Crippen molar-refractivity contribution in [3.8, 4) is 0 Å². The number of aromatic nitrogens is 3. The van der Waals surface area contributed by atoms with Crippen molar-refractivity contribution >= 4 is 5.97 Å². The van der Waals surface area contributed by atoms with Crippen LogP contribution in [0, 0.1) is 0 Å². The molecule has 0 aliphatic carbocycles. The second kappa shape index (κ2) is 3.31. The molecule has 0 saturated heterocycles. The number of aliphatic hydroxyl groups excluding tert-OH is 1. The Kier molecular flexibility index (Phi) is 2.39. The van der Waals surface area contributed by atoms with E-state index in [4.69, 9.17) is 5.11 Å². The maximum Gasteiger partial charge on any atom is 0.306 e. The zero-order valence-corrected chi connectivity index (χ0v) is 6.51. The van der Waals surface area contributed by atoms with Gasteiger partial charge in [-0.15, -0.1) is 5.10 Å². The second-order valence-electron chi connectivity index (χ2n) is 2.40. The number of rotatable bonds is 3. The van der Waals surface area contributed by atoms with Crippen LogP contribution < -0.4 is 0 Å². The van der Waals surface area contributed by atoms with E-state index in [0.29, 0.717) is 5.69 Å². The summed E-state index contributed by atoms with van der Waals surface area (Å²) in [6.45, 7) is 0. The fourth-order valence-corrected chi connectivity index (χ4v) is 0.869. The summed E-state index contributed by atoms with van der Waals surface area (Å²) in [5, 5.41) is 24.7. The Morgan fingerprint density at radius 3 is 2.92 bits per heavy atom. The Hall–Kier alpha value is -1.43. The van der Waals surface area contributed by atoms with Crippen LogP contribution in [0.15, 0.2) is 6.20 Å². The molecule has 0 aromatic carbocycles. The summed E-state index contributed by atoms with van der Waals surface area (Å²) in [5.74, 6) is -1.05. The van der Waals surface area contributed by atoms with Crippen molar-refractivity contribution < 1.29 is 15.0 Å². The number of carboxylic acid groups (broad SMARTS) is 1. The van der Waals surface area contributed by atoms with Crippen LogP contribution in [0.2, 0.25) is 0 Å².